The molecule has 0 aliphatic heterocycles. The summed E-state index contributed by atoms with van der Waals surface area (Å²) in [5.41, 5.74) is 1.79. The van der Waals surface area contributed by atoms with Gasteiger partial charge < -0.3 is 20.5 Å². The largest absolute Gasteiger partial charge is 0.481 e. The van der Waals surface area contributed by atoms with Gasteiger partial charge in [0, 0.05) is 6.54 Å². The number of Topliss-reactive ketones (excluding diaryl/α,β-unsaturated/α-hetero) is 1. The third-order valence-corrected chi connectivity index (χ3v) is 3.74. The molecule has 2 aromatic rings. The number of aliphatic carboxylic acids is 1. The van der Waals surface area contributed by atoms with E-state index in [1.165, 1.54) is 0 Å². The van der Waals surface area contributed by atoms with Crippen LogP contribution in [0.5, 0.6) is 0 Å². The normalized spacial score (nSPS) is 11.4. The Morgan fingerprint density at radius 2 is 1.52 bits per heavy atom. The maximum absolute atomic E-state index is 12.3. The summed E-state index contributed by atoms with van der Waals surface area (Å²) in [4.78, 5) is 35.2. The minimum absolute atomic E-state index is 0.0346. The van der Waals surface area contributed by atoms with E-state index >= 15 is 0 Å². The number of carbonyl (C=O) groups excluding carboxylic acids is 2. The van der Waals surface area contributed by atoms with Crippen LogP contribution < -0.4 is 10.6 Å². The van der Waals surface area contributed by atoms with Gasteiger partial charge in [0.1, 0.15) is 12.6 Å². The molecule has 0 aromatic heterocycles. The molecule has 2 rings (SSSR count). The SMILES string of the molecule is O=C(O)CC(NC(=O)OCc1ccccc1)C(=O)CNCc1ccccc1. The number of carboxylic acid groups (broad SMARTS) is 1. The number of ketones is 1. The lowest BCUT2D eigenvalue weighted by Gasteiger charge is -2.16. The number of carbonyl (C=O) groups is 3. The molecule has 3 N–H and O–H groups in total. The Kier molecular flexibility index (Phi) is 7.99. The van der Waals surface area contributed by atoms with Crippen LogP contribution in [0.15, 0.2) is 60.7 Å². The van der Waals surface area contributed by atoms with Crippen molar-refractivity contribution >= 4 is 17.8 Å². The summed E-state index contributed by atoms with van der Waals surface area (Å²) < 4.78 is 5.05. The van der Waals surface area contributed by atoms with Gasteiger partial charge in [0.2, 0.25) is 0 Å². The highest BCUT2D eigenvalue weighted by Crippen LogP contribution is 2.02. The molecule has 7 nitrogen and oxygen atoms in total. The summed E-state index contributed by atoms with van der Waals surface area (Å²) in [7, 11) is 0. The van der Waals surface area contributed by atoms with Crippen molar-refractivity contribution in [2.24, 2.45) is 0 Å². The summed E-state index contributed by atoms with van der Waals surface area (Å²) in [6.45, 7) is 0.434. The molecule has 1 amide bonds. The summed E-state index contributed by atoms with van der Waals surface area (Å²) in [6.07, 6.45) is -1.34. The molecule has 0 aliphatic carbocycles. The molecule has 0 bridgehead atoms. The number of hydrogen-bond acceptors (Lipinski definition) is 5. The Hall–Kier alpha value is -3.19. The van der Waals surface area contributed by atoms with Gasteiger partial charge in [-0.1, -0.05) is 60.7 Å². The zero-order chi connectivity index (χ0) is 19.5. The molecule has 142 valence electrons. The summed E-state index contributed by atoms with van der Waals surface area (Å²) >= 11 is 0. The van der Waals surface area contributed by atoms with Gasteiger partial charge in [0.15, 0.2) is 5.78 Å². The van der Waals surface area contributed by atoms with Gasteiger partial charge in [-0.05, 0) is 11.1 Å². The van der Waals surface area contributed by atoms with Crippen LogP contribution >= 0.6 is 0 Å². The maximum atomic E-state index is 12.3. The van der Waals surface area contributed by atoms with E-state index in [1.807, 2.05) is 48.5 Å². The maximum Gasteiger partial charge on any atom is 0.408 e. The summed E-state index contributed by atoms with van der Waals surface area (Å²) in [5.74, 6) is -1.61. The van der Waals surface area contributed by atoms with Gasteiger partial charge >= 0.3 is 12.1 Å². The second-order valence-electron chi connectivity index (χ2n) is 5.91. The monoisotopic (exact) mass is 370 g/mol. The predicted octanol–water partition coefficient (Wildman–Crippen LogP) is 2.11. The van der Waals surface area contributed by atoms with Crippen molar-refractivity contribution in [2.75, 3.05) is 6.54 Å². The van der Waals surface area contributed by atoms with E-state index in [9.17, 15) is 14.4 Å². The molecule has 7 heteroatoms. The highest BCUT2D eigenvalue weighted by molar-refractivity contribution is 5.92. The number of benzene rings is 2. The molecule has 0 saturated heterocycles. The molecular weight excluding hydrogens is 348 g/mol. The van der Waals surface area contributed by atoms with Crippen molar-refractivity contribution in [3.8, 4) is 0 Å². The number of carboxylic acids is 1. The van der Waals surface area contributed by atoms with E-state index in [1.54, 1.807) is 12.1 Å². The Labute approximate surface area is 157 Å². The number of ether oxygens (including phenoxy) is 1. The lowest BCUT2D eigenvalue weighted by atomic mass is 10.1. The van der Waals surface area contributed by atoms with Crippen molar-refractivity contribution in [3.63, 3.8) is 0 Å². The van der Waals surface area contributed by atoms with Crippen LogP contribution in [-0.2, 0) is 27.5 Å². The van der Waals surface area contributed by atoms with E-state index in [-0.39, 0.29) is 13.2 Å². The van der Waals surface area contributed by atoms with Crippen molar-refractivity contribution in [2.45, 2.75) is 25.6 Å². The zero-order valence-electron chi connectivity index (χ0n) is 14.8. The van der Waals surface area contributed by atoms with Crippen molar-refractivity contribution in [3.05, 3.63) is 71.8 Å². The van der Waals surface area contributed by atoms with E-state index in [4.69, 9.17) is 9.84 Å². The number of rotatable bonds is 10. The van der Waals surface area contributed by atoms with Gasteiger partial charge in [-0.15, -0.1) is 0 Å². The lowest BCUT2D eigenvalue weighted by Crippen LogP contribution is -2.45. The average molecular weight is 370 g/mol. The molecule has 0 spiro atoms. The van der Waals surface area contributed by atoms with E-state index in [2.05, 4.69) is 10.6 Å². The number of nitrogens with one attached hydrogen (secondary N) is 2. The predicted molar refractivity (Wildman–Crippen MR) is 99.0 cm³/mol. The molecule has 0 aliphatic rings. The highest BCUT2D eigenvalue weighted by atomic mass is 16.5. The van der Waals surface area contributed by atoms with Crippen molar-refractivity contribution in [1.29, 1.82) is 0 Å². The Morgan fingerprint density at radius 3 is 2.11 bits per heavy atom. The van der Waals surface area contributed by atoms with Crippen LogP contribution in [0, 0.1) is 0 Å². The molecule has 2 aromatic carbocycles. The molecule has 0 heterocycles. The standard InChI is InChI=1S/C20H22N2O5/c23-18(13-21-12-15-7-3-1-4-8-15)17(11-19(24)25)22-20(26)27-14-16-9-5-2-6-10-16/h1-10,17,21H,11-14H2,(H,22,26)(H,24,25). The zero-order valence-corrected chi connectivity index (χ0v) is 14.8. The third-order valence-electron chi connectivity index (χ3n) is 3.74. The fourth-order valence-corrected chi connectivity index (χ4v) is 2.38. The molecule has 0 radical (unpaired) electrons. The fourth-order valence-electron chi connectivity index (χ4n) is 2.38. The quantitative estimate of drug-likeness (QED) is 0.592. The fraction of sp³-hybridized carbons (Fsp3) is 0.250. The van der Waals surface area contributed by atoms with Crippen LogP contribution in [0.25, 0.3) is 0 Å². The molecular formula is C20H22N2O5. The first-order chi connectivity index (χ1) is 13.0. The Morgan fingerprint density at radius 1 is 0.926 bits per heavy atom. The van der Waals surface area contributed by atoms with Gasteiger partial charge in [-0.25, -0.2) is 4.79 Å². The number of hydrogen-bond donors (Lipinski definition) is 3. The van der Waals surface area contributed by atoms with E-state index in [0.29, 0.717) is 6.54 Å². The molecule has 0 fully saturated rings. The van der Waals surface area contributed by atoms with Gasteiger partial charge in [-0.3, -0.25) is 9.59 Å². The van der Waals surface area contributed by atoms with Crippen LogP contribution in [-0.4, -0.2) is 35.5 Å². The lowest BCUT2D eigenvalue weighted by molar-refractivity contribution is -0.139. The van der Waals surface area contributed by atoms with Crippen molar-refractivity contribution in [1.82, 2.24) is 10.6 Å². The Balaban J connectivity index is 1.82. The van der Waals surface area contributed by atoms with Gasteiger partial charge in [0.25, 0.3) is 0 Å². The van der Waals surface area contributed by atoms with E-state index in [0.717, 1.165) is 11.1 Å². The number of alkyl carbamates (subject to hydrolysis) is 1. The second kappa shape index (κ2) is 10.7. The van der Waals surface area contributed by atoms with Crippen molar-refractivity contribution < 1.29 is 24.2 Å². The smallest absolute Gasteiger partial charge is 0.408 e. The molecule has 27 heavy (non-hydrogen) atoms. The minimum atomic E-state index is -1.18. The van der Waals surface area contributed by atoms with Crippen LogP contribution in [0.4, 0.5) is 4.79 Å². The topological polar surface area (TPSA) is 105 Å². The summed E-state index contributed by atoms with van der Waals surface area (Å²) in [5, 5.41) is 14.3. The van der Waals surface area contributed by atoms with Gasteiger partial charge in [-0.2, -0.15) is 0 Å². The summed E-state index contributed by atoms with van der Waals surface area (Å²) in [6, 6.07) is 17.4. The third kappa shape index (κ3) is 7.70. The first kappa shape index (κ1) is 20.1. The molecule has 1 unspecified atom stereocenters. The molecule has 1 atom stereocenters. The van der Waals surface area contributed by atoms with Crippen LogP contribution in [0.1, 0.15) is 17.5 Å². The van der Waals surface area contributed by atoms with Crippen LogP contribution in [0.2, 0.25) is 0 Å². The average Bonchev–Trinajstić information content (AvgIpc) is 2.67. The first-order valence-electron chi connectivity index (χ1n) is 8.51. The molecule has 0 saturated carbocycles. The van der Waals surface area contributed by atoms with Crippen LogP contribution in [0.3, 0.4) is 0 Å². The first-order valence-corrected chi connectivity index (χ1v) is 8.51. The van der Waals surface area contributed by atoms with Gasteiger partial charge in [0.05, 0.1) is 13.0 Å². The second-order valence-corrected chi connectivity index (χ2v) is 5.91. The Bertz CT molecular complexity index is 749. The van der Waals surface area contributed by atoms with E-state index < -0.39 is 30.3 Å². The minimum Gasteiger partial charge on any atom is -0.481 e. The number of amides is 1. The highest BCUT2D eigenvalue weighted by Gasteiger charge is 2.23.